The first-order valence-corrected chi connectivity index (χ1v) is 7.60. The third-order valence-corrected chi connectivity index (χ3v) is 4.15. The molecule has 0 saturated carbocycles. The Labute approximate surface area is 134 Å². The Morgan fingerprint density at radius 2 is 1.86 bits per heavy atom. The highest BCUT2D eigenvalue weighted by molar-refractivity contribution is 6.32. The topological polar surface area (TPSA) is 54.3 Å². The Balaban J connectivity index is 1.86. The van der Waals surface area contributed by atoms with Crippen LogP contribution in [0.1, 0.15) is 16.4 Å². The number of hydrogen-bond donors (Lipinski definition) is 0. The van der Waals surface area contributed by atoms with Crippen molar-refractivity contribution in [3.63, 3.8) is 0 Å². The summed E-state index contributed by atoms with van der Waals surface area (Å²) in [5.74, 6) is 0.745. The molecular weight excluding hydrogens is 302 g/mol. The molecule has 1 fully saturated rings. The van der Waals surface area contributed by atoms with Gasteiger partial charge in [-0.1, -0.05) is 23.7 Å². The fourth-order valence-corrected chi connectivity index (χ4v) is 2.70. The van der Waals surface area contributed by atoms with E-state index in [4.69, 9.17) is 11.6 Å². The molecule has 1 aromatic carbocycles. The van der Waals surface area contributed by atoms with Crippen LogP contribution < -0.4 is 0 Å². The van der Waals surface area contributed by atoms with Crippen LogP contribution in [0.2, 0.25) is 5.02 Å². The minimum atomic E-state index is -0.123. The number of hydrogen-bond acceptors (Lipinski definition) is 4. The van der Waals surface area contributed by atoms with Crippen molar-refractivity contribution in [2.24, 2.45) is 0 Å². The Morgan fingerprint density at radius 1 is 1.18 bits per heavy atom. The van der Waals surface area contributed by atoms with E-state index in [-0.39, 0.29) is 11.7 Å². The first-order valence-electron chi connectivity index (χ1n) is 7.22. The van der Waals surface area contributed by atoms with E-state index < -0.39 is 0 Å². The third kappa shape index (κ3) is 2.84. The first kappa shape index (κ1) is 15.0. The molecule has 2 aromatic rings. The van der Waals surface area contributed by atoms with Gasteiger partial charge in [0.25, 0.3) is 5.91 Å². The van der Waals surface area contributed by atoms with Gasteiger partial charge >= 0.3 is 0 Å². The van der Waals surface area contributed by atoms with Crippen molar-refractivity contribution < 1.29 is 4.79 Å². The van der Waals surface area contributed by atoms with Crippen molar-refractivity contribution in [1.82, 2.24) is 24.6 Å². The van der Waals surface area contributed by atoms with Crippen molar-refractivity contribution in [3.8, 4) is 5.69 Å². The lowest BCUT2D eigenvalue weighted by molar-refractivity contribution is 0.0652. The number of aryl methyl sites for hydroxylation is 1. The Morgan fingerprint density at radius 3 is 2.55 bits per heavy atom. The van der Waals surface area contributed by atoms with Crippen molar-refractivity contribution in [2.75, 3.05) is 33.2 Å². The van der Waals surface area contributed by atoms with Gasteiger partial charge in [-0.05, 0) is 26.1 Å². The van der Waals surface area contributed by atoms with Crippen molar-refractivity contribution >= 4 is 17.5 Å². The molecule has 7 heteroatoms. The van der Waals surface area contributed by atoms with E-state index >= 15 is 0 Å². The summed E-state index contributed by atoms with van der Waals surface area (Å²) in [5.41, 5.74) is 0.728. The van der Waals surface area contributed by atoms with E-state index in [9.17, 15) is 4.79 Å². The van der Waals surface area contributed by atoms with Crippen LogP contribution in [0, 0.1) is 6.92 Å². The summed E-state index contributed by atoms with van der Waals surface area (Å²) in [4.78, 5) is 20.8. The second-order valence-electron chi connectivity index (χ2n) is 5.44. The van der Waals surface area contributed by atoms with Crippen LogP contribution in [0.15, 0.2) is 24.3 Å². The quantitative estimate of drug-likeness (QED) is 0.844. The summed E-state index contributed by atoms with van der Waals surface area (Å²) in [6.07, 6.45) is 0. The number of amides is 1. The van der Waals surface area contributed by atoms with Gasteiger partial charge in [-0.3, -0.25) is 4.79 Å². The second kappa shape index (κ2) is 6.06. The molecular formula is C15H18ClN5O. The monoisotopic (exact) mass is 319 g/mol. The molecule has 0 spiro atoms. The second-order valence-corrected chi connectivity index (χ2v) is 5.85. The maximum absolute atomic E-state index is 12.5. The fourth-order valence-electron chi connectivity index (χ4n) is 2.48. The largest absolute Gasteiger partial charge is 0.333 e. The van der Waals surface area contributed by atoms with Crippen LogP contribution in [0.5, 0.6) is 0 Å². The molecule has 3 rings (SSSR count). The highest BCUT2D eigenvalue weighted by Crippen LogP contribution is 2.20. The number of carbonyl (C=O) groups is 1. The zero-order chi connectivity index (χ0) is 15.7. The number of rotatable bonds is 2. The molecule has 1 aliphatic rings. The Kier molecular flexibility index (Phi) is 4.13. The zero-order valence-corrected chi connectivity index (χ0v) is 13.4. The van der Waals surface area contributed by atoms with E-state index in [1.165, 1.54) is 0 Å². The Hall–Kier alpha value is -1.92. The number of para-hydroxylation sites is 1. The molecule has 2 heterocycles. The van der Waals surface area contributed by atoms with Gasteiger partial charge in [-0.25, -0.2) is 9.67 Å². The molecule has 0 aliphatic carbocycles. The van der Waals surface area contributed by atoms with E-state index in [0.717, 1.165) is 18.8 Å². The summed E-state index contributed by atoms with van der Waals surface area (Å²) in [5, 5.41) is 4.93. The average molecular weight is 320 g/mol. The molecule has 0 unspecified atom stereocenters. The smallest absolute Gasteiger partial charge is 0.293 e. The molecule has 0 atom stereocenters. The lowest BCUT2D eigenvalue weighted by Crippen LogP contribution is -2.47. The van der Waals surface area contributed by atoms with E-state index in [2.05, 4.69) is 22.0 Å². The average Bonchev–Trinajstić information content (AvgIpc) is 2.90. The zero-order valence-electron chi connectivity index (χ0n) is 12.7. The molecule has 6 nitrogen and oxygen atoms in total. The lowest BCUT2D eigenvalue weighted by Gasteiger charge is -2.31. The molecule has 116 valence electrons. The maximum Gasteiger partial charge on any atom is 0.293 e. The van der Waals surface area contributed by atoms with Crippen LogP contribution >= 0.6 is 11.6 Å². The summed E-state index contributed by atoms with van der Waals surface area (Å²) in [6, 6.07) is 7.38. The SMILES string of the molecule is Cc1nc(C(=O)N2CCN(C)CC2)nn1-c1ccccc1Cl. The van der Waals surface area contributed by atoms with Crippen LogP contribution in [0.3, 0.4) is 0 Å². The molecule has 0 radical (unpaired) electrons. The predicted octanol–water partition coefficient (Wildman–Crippen LogP) is 1.62. The highest BCUT2D eigenvalue weighted by Gasteiger charge is 2.24. The van der Waals surface area contributed by atoms with Gasteiger partial charge in [-0.2, -0.15) is 0 Å². The molecule has 0 N–H and O–H groups in total. The summed E-state index contributed by atoms with van der Waals surface area (Å²) in [7, 11) is 2.05. The Bertz CT molecular complexity index is 691. The fraction of sp³-hybridized carbons (Fsp3) is 0.400. The number of nitrogens with zero attached hydrogens (tertiary/aromatic N) is 5. The third-order valence-electron chi connectivity index (χ3n) is 3.83. The number of halogens is 1. The molecule has 22 heavy (non-hydrogen) atoms. The number of aromatic nitrogens is 3. The summed E-state index contributed by atoms with van der Waals surface area (Å²) >= 11 is 6.19. The molecule has 1 amide bonds. The minimum absolute atomic E-state index is 0.123. The first-order chi connectivity index (χ1) is 10.6. The van der Waals surface area contributed by atoms with Crippen LogP contribution in [0.4, 0.5) is 0 Å². The van der Waals surface area contributed by atoms with Crippen molar-refractivity contribution in [3.05, 3.63) is 40.9 Å². The minimum Gasteiger partial charge on any atom is -0.333 e. The van der Waals surface area contributed by atoms with Gasteiger partial charge < -0.3 is 9.80 Å². The standard InChI is InChI=1S/C15H18ClN5O/c1-11-17-14(15(22)20-9-7-19(2)8-10-20)18-21(11)13-6-4-3-5-12(13)16/h3-6H,7-10H2,1-2H3. The summed E-state index contributed by atoms with van der Waals surface area (Å²) in [6.45, 7) is 4.97. The number of piperazine rings is 1. The van der Waals surface area contributed by atoms with Gasteiger partial charge in [0.05, 0.1) is 10.7 Å². The van der Waals surface area contributed by atoms with Crippen LogP contribution in [-0.2, 0) is 0 Å². The van der Waals surface area contributed by atoms with Gasteiger partial charge in [0, 0.05) is 26.2 Å². The van der Waals surface area contributed by atoms with Crippen molar-refractivity contribution in [2.45, 2.75) is 6.92 Å². The number of likely N-dealkylation sites (N-methyl/N-ethyl adjacent to an activating group) is 1. The molecule has 1 aliphatic heterocycles. The van der Waals surface area contributed by atoms with Crippen LogP contribution in [-0.4, -0.2) is 63.7 Å². The van der Waals surface area contributed by atoms with E-state index in [0.29, 0.717) is 23.9 Å². The maximum atomic E-state index is 12.5. The normalized spacial score (nSPS) is 16.0. The van der Waals surface area contributed by atoms with Gasteiger partial charge in [0.15, 0.2) is 0 Å². The molecule has 0 bridgehead atoms. The number of carbonyl (C=O) groups excluding carboxylic acids is 1. The van der Waals surface area contributed by atoms with Gasteiger partial charge in [0.1, 0.15) is 5.82 Å². The lowest BCUT2D eigenvalue weighted by atomic mass is 10.3. The van der Waals surface area contributed by atoms with Crippen LogP contribution in [0.25, 0.3) is 5.69 Å². The number of benzene rings is 1. The highest BCUT2D eigenvalue weighted by atomic mass is 35.5. The molecule has 1 aromatic heterocycles. The predicted molar refractivity (Wildman–Crippen MR) is 84.5 cm³/mol. The van der Waals surface area contributed by atoms with Crippen molar-refractivity contribution in [1.29, 1.82) is 0 Å². The van der Waals surface area contributed by atoms with Gasteiger partial charge in [-0.15, -0.1) is 5.10 Å². The van der Waals surface area contributed by atoms with Gasteiger partial charge in [0.2, 0.25) is 5.82 Å². The van der Waals surface area contributed by atoms with E-state index in [1.807, 2.05) is 25.1 Å². The van der Waals surface area contributed by atoms with E-state index in [1.54, 1.807) is 15.6 Å². The molecule has 1 saturated heterocycles. The summed E-state index contributed by atoms with van der Waals surface area (Å²) < 4.78 is 1.62.